The van der Waals surface area contributed by atoms with E-state index in [9.17, 15) is 10.1 Å². The van der Waals surface area contributed by atoms with Crippen molar-refractivity contribution in [1.29, 1.82) is 5.26 Å². The van der Waals surface area contributed by atoms with E-state index in [0.717, 1.165) is 16.0 Å². The SMILES string of the molecule is COc1cc(/C=C(\C#N)C(=O)Nc2nc3ccccc3s2)ccc1OCCOc1ccc(C)cc1. The van der Waals surface area contributed by atoms with Gasteiger partial charge in [-0.15, -0.1) is 0 Å². The molecule has 1 amide bonds. The topological polar surface area (TPSA) is 93.5 Å². The lowest BCUT2D eigenvalue weighted by molar-refractivity contribution is -0.112. The van der Waals surface area contributed by atoms with Gasteiger partial charge in [-0.3, -0.25) is 10.1 Å². The van der Waals surface area contributed by atoms with E-state index in [1.807, 2.05) is 61.5 Å². The summed E-state index contributed by atoms with van der Waals surface area (Å²) in [4.78, 5) is 17.0. The Bertz CT molecular complexity index is 1370. The van der Waals surface area contributed by atoms with Gasteiger partial charge in [0, 0.05) is 0 Å². The van der Waals surface area contributed by atoms with Crippen LogP contribution in [-0.4, -0.2) is 31.2 Å². The van der Waals surface area contributed by atoms with Crippen molar-refractivity contribution in [2.45, 2.75) is 6.92 Å². The van der Waals surface area contributed by atoms with Crippen LogP contribution in [0.1, 0.15) is 11.1 Å². The molecule has 1 heterocycles. The van der Waals surface area contributed by atoms with Crippen molar-refractivity contribution in [1.82, 2.24) is 4.98 Å². The van der Waals surface area contributed by atoms with Gasteiger partial charge in [-0.2, -0.15) is 5.26 Å². The summed E-state index contributed by atoms with van der Waals surface area (Å²) < 4.78 is 17.9. The quantitative estimate of drug-likeness (QED) is 0.188. The van der Waals surface area contributed by atoms with E-state index in [4.69, 9.17) is 14.2 Å². The van der Waals surface area contributed by atoms with Gasteiger partial charge < -0.3 is 14.2 Å². The fourth-order valence-corrected chi connectivity index (χ4v) is 4.11. The molecule has 0 atom stereocenters. The zero-order valence-corrected chi connectivity index (χ0v) is 20.1. The average Bonchev–Trinajstić information content (AvgIpc) is 3.28. The molecule has 0 aliphatic heterocycles. The number of nitriles is 1. The number of amides is 1. The van der Waals surface area contributed by atoms with E-state index in [-0.39, 0.29) is 5.57 Å². The van der Waals surface area contributed by atoms with Gasteiger partial charge in [-0.1, -0.05) is 47.2 Å². The van der Waals surface area contributed by atoms with Gasteiger partial charge in [0.05, 0.1) is 17.3 Å². The van der Waals surface area contributed by atoms with Gasteiger partial charge in [-0.25, -0.2) is 4.98 Å². The standard InChI is InChI=1S/C27H23N3O4S/c1-18-7-10-21(11-8-18)33-13-14-34-23-12-9-19(16-24(23)32-2)15-20(17-28)26(31)30-27-29-22-5-3-4-6-25(22)35-27/h3-12,15-16H,13-14H2,1-2H3,(H,29,30,31)/b20-15+. The molecule has 0 bridgehead atoms. The number of aromatic nitrogens is 1. The minimum absolute atomic E-state index is 0.0496. The maximum absolute atomic E-state index is 12.7. The molecular weight excluding hydrogens is 462 g/mol. The smallest absolute Gasteiger partial charge is 0.268 e. The number of rotatable bonds is 9. The maximum Gasteiger partial charge on any atom is 0.268 e. The zero-order valence-electron chi connectivity index (χ0n) is 19.3. The number of nitrogens with one attached hydrogen (secondary N) is 1. The molecule has 1 aromatic heterocycles. The molecule has 0 saturated carbocycles. The highest BCUT2D eigenvalue weighted by Gasteiger charge is 2.13. The third-order valence-electron chi connectivity index (χ3n) is 5.01. The molecule has 0 aliphatic rings. The van der Waals surface area contributed by atoms with Crippen LogP contribution in [-0.2, 0) is 4.79 Å². The molecule has 0 unspecified atom stereocenters. The molecule has 0 fully saturated rings. The Morgan fingerprint density at radius 1 is 1.06 bits per heavy atom. The van der Waals surface area contributed by atoms with Gasteiger partial charge in [0.25, 0.3) is 5.91 Å². The first kappa shape index (κ1) is 23.8. The lowest BCUT2D eigenvalue weighted by Crippen LogP contribution is -2.13. The highest BCUT2D eigenvalue weighted by molar-refractivity contribution is 7.22. The second kappa shape index (κ2) is 11.2. The molecule has 1 N–H and O–H groups in total. The molecule has 0 spiro atoms. The van der Waals surface area contributed by atoms with Gasteiger partial charge in [0.15, 0.2) is 16.6 Å². The second-order valence-corrected chi connectivity index (χ2v) is 8.56. The Morgan fingerprint density at radius 2 is 1.83 bits per heavy atom. The first-order valence-corrected chi connectivity index (χ1v) is 11.7. The summed E-state index contributed by atoms with van der Waals surface area (Å²) >= 11 is 1.35. The summed E-state index contributed by atoms with van der Waals surface area (Å²) in [6, 6.07) is 22.5. The summed E-state index contributed by atoms with van der Waals surface area (Å²) in [5, 5.41) is 12.7. The Morgan fingerprint density at radius 3 is 2.57 bits per heavy atom. The number of anilines is 1. The summed E-state index contributed by atoms with van der Waals surface area (Å²) in [5.41, 5.74) is 2.54. The number of benzene rings is 3. The van der Waals surface area contributed by atoms with Crippen LogP contribution in [0.25, 0.3) is 16.3 Å². The fraction of sp³-hybridized carbons (Fsp3) is 0.148. The second-order valence-electron chi connectivity index (χ2n) is 7.53. The summed E-state index contributed by atoms with van der Waals surface area (Å²) in [7, 11) is 1.53. The molecular formula is C27H23N3O4S. The van der Waals surface area contributed by atoms with Crippen LogP contribution in [0.5, 0.6) is 17.2 Å². The largest absolute Gasteiger partial charge is 0.493 e. The van der Waals surface area contributed by atoms with Crippen molar-refractivity contribution >= 4 is 38.7 Å². The molecule has 0 aliphatic carbocycles. The summed E-state index contributed by atoms with van der Waals surface area (Å²) in [6.45, 7) is 2.72. The molecule has 7 nitrogen and oxygen atoms in total. The van der Waals surface area contributed by atoms with Crippen LogP contribution in [0.3, 0.4) is 0 Å². The van der Waals surface area contributed by atoms with Gasteiger partial charge in [0.2, 0.25) is 0 Å². The third-order valence-corrected chi connectivity index (χ3v) is 5.96. The normalized spacial score (nSPS) is 11.1. The Balaban J connectivity index is 1.39. The van der Waals surface area contributed by atoms with Crippen molar-refractivity contribution in [3.8, 4) is 23.3 Å². The van der Waals surface area contributed by atoms with E-state index in [1.54, 1.807) is 18.2 Å². The predicted octanol–water partition coefficient (Wildman–Crippen LogP) is 5.62. The number of aryl methyl sites for hydroxylation is 1. The number of para-hydroxylation sites is 1. The van der Waals surface area contributed by atoms with Gasteiger partial charge >= 0.3 is 0 Å². The number of thiazole rings is 1. The van der Waals surface area contributed by atoms with E-state index >= 15 is 0 Å². The van der Waals surface area contributed by atoms with Crippen LogP contribution in [0.4, 0.5) is 5.13 Å². The zero-order chi connectivity index (χ0) is 24.6. The molecule has 3 aromatic carbocycles. The number of hydrogen-bond donors (Lipinski definition) is 1. The van der Waals surface area contributed by atoms with Crippen molar-refractivity contribution in [3.05, 3.63) is 83.4 Å². The molecule has 0 radical (unpaired) electrons. The van der Waals surface area contributed by atoms with Crippen LogP contribution in [0, 0.1) is 18.3 Å². The highest BCUT2D eigenvalue weighted by Crippen LogP contribution is 2.29. The van der Waals surface area contributed by atoms with E-state index in [1.165, 1.54) is 30.1 Å². The Hall–Kier alpha value is -4.35. The number of ether oxygens (including phenoxy) is 3. The predicted molar refractivity (Wildman–Crippen MR) is 137 cm³/mol. The number of hydrogen-bond acceptors (Lipinski definition) is 7. The minimum atomic E-state index is -0.529. The lowest BCUT2D eigenvalue weighted by atomic mass is 10.1. The number of carbonyl (C=O) groups is 1. The maximum atomic E-state index is 12.7. The Kier molecular flexibility index (Phi) is 7.60. The molecule has 4 aromatic rings. The third kappa shape index (κ3) is 6.16. The first-order chi connectivity index (χ1) is 17.1. The van der Waals surface area contributed by atoms with E-state index in [0.29, 0.717) is 35.4 Å². The van der Waals surface area contributed by atoms with E-state index < -0.39 is 5.91 Å². The Labute approximate surface area is 207 Å². The number of fused-ring (bicyclic) bond motifs is 1. The van der Waals surface area contributed by atoms with Crippen LogP contribution in [0.2, 0.25) is 0 Å². The minimum Gasteiger partial charge on any atom is -0.493 e. The van der Waals surface area contributed by atoms with Crippen molar-refractivity contribution in [3.63, 3.8) is 0 Å². The molecule has 4 rings (SSSR count). The highest BCUT2D eigenvalue weighted by atomic mass is 32.1. The van der Waals surface area contributed by atoms with Crippen molar-refractivity contribution in [2.24, 2.45) is 0 Å². The van der Waals surface area contributed by atoms with Crippen LogP contribution < -0.4 is 19.5 Å². The number of methoxy groups -OCH3 is 1. The monoisotopic (exact) mass is 485 g/mol. The van der Waals surface area contributed by atoms with E-state index in [2.05, 4.69) is 10.3 Å². The van der Waals surface area contributed by atoms with Crippen LogP contribution in [0.15, 0.2) is 72.3 Å². The summed E-state index contributed by atoms with van der Waals surface area (Å²) in [6.07, 6.45) is 1.50. The number of nitrogens with zero attached hydrogens (tertiary/aromatic N) is 2. The van der Waals surface area contributed by atoms with Gasteiger partial charge in [0.1, 0.15) is 30.6 Å². The molecule has 35 heavy (non-hydrogen) atoms. The molecule has 176 valence electrons. The van der Waals surface area contributed by atoms with Crippen molar-refractivity contribution in [2.75, 3.05) is 25.6 Å². The molecule has 0 saturated heterocycles. The van der Waals surface area contributed by atoms with Crippen molar-refractivity contribution < 1.29 is 19.0 Å². The first-order valence-electron chi connectivity index (χ1n) is 10.8. The average molecular weight is 486 g/mol. The number of carbonyl (C=O) groups excluding carboxylic acids is 1. The summed E-state index contributed by atoms with van der Waals surface area (Å²) in [5.74, 6) is 1.27. The van der Waals surface area contributed by atoms with Crippen LogP contribution >= 0.6 is 11.3 Å². The lowest BCUT2D eigenvalue weighted by Gasteiger charge is -2.12. The fourth-order valence-electron chi connectivity index (χ4n) is 3.24. The molecule has 8 heteroatoms. The van der Waals surface area contributed by atoms with Gasteiger partial charge in [-0.05, 0) is 55.0 Å².